The van der Waals surface area contributed by atoms with Crippen molar-refractivity contribution in [3.05, 3.63) is 24.0 Å². The summed E-state index contributed by atoms with van der Waals surface area (Å²) in [6, 6.07) is 3.84. The van der Waals surface area contributed by atoms with Gasteiger partial charge in [-0.1, -0.05) is 0 Å². The molecule has 0 aromatic carbocycles. The minimum absolute atomic E-state index is 0.0455. The van der Waals surface area contributed by atoms with Crippen molar-refractivity contribution in [1.29, 1.82) is 0 Å². The maximum Gasteiger partial charge on any atom is 0.323 e. The Morgan fingerprint density at radius 2 is 2.05 bits per heavy atom. The van der Waals surface area contributed by atoms with Crippen LogP contribution in [-0.4, -0.2) is 31.3 Å². The summed E-state index contributed by atoms with van der Waals surface area (Å²) in [5.41, 5.74) is 3.13. The third-order valence-electron chi connectivity index (χ3n) is 2.14. The summed E-state index contributed by atoms with van der Waals surface area (Å²) in [4.78, 5) is 12.2. The molecule has 0 spiro atoms. The van der Waals surface area contributed by atoms with Crippen molar-refractivity contribution in [2.75, 3.05) is 10.7 Å². The minimum atomic E-state index is -0.0455. The number of hydrazine groups is 1. The molecule has 0 amide bonds. The molecule has 9 nitrogen and oxygen atoms in total. The average molecular weight is 276 g/mol. The van der Waals surface area contributed by atoms with Gasteiger partial charge in [-0.3, -0.25) is 5.43 Å². The average Bonchev–Trinajstić information content (AvgIpc) is 2.45. The Bertz CT molecular complexity index is 547. The van der Waals surface area contributed by atoms with E-state index in [4.69, 9.17) is 10.6 Å². The Morgan fingerprint density at radius 3 is 2.70 bits per heavy atom. The number of hydrogen-bond acceptors (Lipinski definition) is 9. The molecule has 20 heavy (non-hydrogen) atoms. The van der Waals surface area contributed by atoms with E-state index in [1.165, 1.54) is 0 Å². The van der Waals surface area contributed by atoms with E-state index in [9.17, 15) is 0 Å². The third kappa shape index (κ3) is 3.99. The zero-order valence-corrected chi connectivity index (χ0v) is 11.2. The highest BCUT2D eigenvalue weighted by Gasteiger charge is 2.08. The first-order valence-corrected chi connectivity index (χ1v) is 6.07. The highest BCUT2D eigenvalue weighted by atomic mass is 16.5. The van der Waals surface area contributed by atoms with Crippen LogP contribution in [0.2, 0.25) is 0 Å². The molecule has 2 rings (SSSR count). The smallest absolute Gasteiger partial charge is 0.323 e. The second kappa shape index (κ2) is 6.57. The van der Waals surface area contributed by atoms with Gasteiger partial charge in [-0.25, -0.2) is 5.84 Å². The normalized spacial score (nSPS) is 10.4. The van der Waals surface area contributed by atoms with Crippen LogP contribution in [-0.2, 0) is 6.54 Å². The number of ether oxygens (including phenoxy) is 1. The zero-order chi connectivity index (χ0) is 14.4. The first kappa shape index (κ1) is 13.9. The third-order valence-corrected chi connectivity index (χ3v) is 2.14. The Labute approximate surface area is 116 Å². The van der Waals surface area contributed by atoms with Crippen LogP contribution in [0, 0.1) is 0 Å². The van der Waals surface area contributed by atoms with Gasteiger partial charge in [0.15, 0.2) is 0 Å². The van der Waals surface area contributed by atoms with Crippen LogP contribution in [0.4, 0.5) is 11.9 Å². The van der Waals surface area contributed by atoms with E-state index < -0.39 is 0 Å². The van der Waals surface area contributed by atoms with Crippen LogP contribution >= 0.6 is 0 Å². The standard InChI is InChI=1S/C11H16N8O/c1-7(2)20-11-16-9(15-10(17-11)18-12)13-6-8-4-3-5-14-19-8/h3-5,7H,6,12H2,1-2H3,(H2,13,15,16,17,18). The molecule has 9 heteroatoms. The molecule has 0 aliphatic rings. The number of rotatable bonds is 6. The lowest BCUT2D eigenvalue weighted by molar-refractivity contribution is 0.222. The summed E-state index contributed by atoms with van der Waals surface area (Å²) < 4.78 is 5.42. The van der Waals surface area contributed by atoms with Crippen LogP contribution in [0.1, 0.15) is 19.5 Å². The van der Waals surface area contributed by atoms with Gasteiger partial charge in [0.1, 0.15) is 0 Å². The summed E-state index contributed by atoms with van der Waals surface area (Å²) >= 11 is 0. The molecule has 4 N–H and O–H groups in total. The first-order valence-electron chi connectivity index (χ1n) is 6.07. The zero-order valence-electron chi connectivity index (χ0n) is 11.2. The van der Waals surface area contributed by atoms with Gasteiger partial charge in [0.25, 0.3) is 0 Å². The predicted octanol–water partition coefficient (Wildman–Crippen LogP) is 0.346. The molecule has 106 valence electrons. The molecule has 0 aliphatic carbocycles. The Morgan fingerprint density at radius 1 is 1.25 bits per heavy atom. The van der Waals surface area contributed by atoms with Crippen molar-refractivity contribution in [3.8, 4) is 6.01 Å². The van der Waals surface area contributed by atoms with E-state index in [-0.39, 0.29) is 18.1 Å². The van der Waals surface area contributed by atoms with E-state index in [2.05, 4.69) is 35.9 Å². The summed E-state index contributed by atoms with van der Waals surface area (Å²) in [6.45, 7) is 4.20. The summed E-state index contributed by atoms with van der Waals surface area (Å²) in [5, 5.41) is 10.7. The van der Waals surface area contributed by atoms with Gasteiger partial charge in [0.2, 0.25) is 11.9 Å². The Hall–Kier alpha value is -2.55. The lowest BCUT2D eigenvalue weighted by Gasteiger charge is -2.10. The van der Waals surface area contributed by atoms with E-state index in [0.717, 1.165) is 5.69 Å². The molecular formula is C11H16N8O. The molecule has 0 saturated carbocycles. The van der Waals surface area contributed by atoms with Crippen molar-refractivity contribution < 1.29 is 4.74 Å². The summed E-state index contributed by atoms with van der Waals surface area (Å²) in [5.74, 6) is 5.88. The predicted molar refractivity (Wildman–Crippen MR) is 72.8 cm³/mol. The van der Waals surface area contributed by atoms with Gasteiger partial charge in [0.05, 0.1) is 18.3 Å². The van der Waals surface area contributed by atoms with Crippen molar-refractivity contribution in [2.24, 2.45) is 5.84 Å². The van der Waals surface area contributed by atoms with E-state index >= 15 is 0 Å². The van der Waals surface area contributed by atoms with Crippen molar-refractivity contribution in [3.63, 3.8) is 0 Å². The number of nitrogens with zero attached hydrogens (tertiary/aromatic N) is 5. The number of nitrogen functional groups attached to an aromatic ring is 1. The van der Waals surface area contributed by atoms with Crippen LogP contribution in [0.25, 0.3) is 0 Å². The maximum atomic E-state index is 5.42. The van der Waals surface area contributed by atoms with Gasteiger partial charge >= 0.3 is 6.01 Å². The molecule has 2 heterocycles. The van der Waals surface area contributed by atoms with E-state index in [1.54, 1.807) is 12.3 Å². The molecule has 0 atom stereocenters. The van der Waals surface area contributed by atoms with Crippen molar-refractivity contribution >= 4 is 11.9 Å². The summed E-state index contributed by atoms with van der Waals surface area (Å²) in [6.07, 6.45) is 1.56. The largest absolute Gasteiger partial charge is 0.461 e. The summed E-state index contributed by atoms with van der Waals surface area (Å²) in [7, 11) is 0. The molecule has 0 bridgehead atoms. The van der Waals surface area contributed by atoms with Crippen LogP contribution in [0.5, 0.6) is 6.01 Å². The van der Waals surface area contributed by atoms with Crippen molar-refractivity contribution in [2.45, 2.75) is 26.5 Å². The van der Waals surface area contributed by atoms with Crippen molar-refractivity contribution in [1.82, 2.24) is 25.1 Å². The van der Waals surface area contributed by atoms with Crippen LogP contribution in [0.15, 0.2) is 18.3 Å². The number of anilines is 2. The molecular weight excluding hydrogens is 260 g/mol. The molecule has 0 radical (unpaired) electrons. The van der Waals surface area contributed by atoms with E-state index in [0.29, 0.717) is 12.5 Å². The molecule has 2 aromatic rings. The fourth-order valence-corrected chi connectivity index (χ4v) is 1.36. The van der Waals surface area contributed by atoms with Gasteiger partial charge < -0.3 is 10.1 Å². The number of nitrogens with two attached hydrogens (primary N) is 1. The monoisotopic (exact) mass is 276 g/mol. The SMILES string of the molecule is CC(C)Oc1nc(NN)nc(NCc2cccnn2)n1. The van der Waals surface area contributed by atoms with Gasteiger partial charge in [-0.2, -0.15) is 25.1 Å². The quantitative estimate of drug-likeness (QED) is 0.506. The highest BCUT2D eigenvalue weighted by molar-refractivity contribution is 5.35. The second-order valence-electron chi connectivity index (χ2n) is 4.14. The molecule has 0 fully saturated rings. The second-order valence-corrected chi connectivity index (χ2v) is 4.14. The molecule has 0 saturated heterocycles. The highest BCUT2D eigenvalue weighted by Crippen LogP contribution is 2.12. The molecule has 0 aliphatic heterocycles. The number of nitrogens with one attached hydrogen (secondary N) is 2. The van der Waals surface area contributed by atoms with Crippen LogP contribution < -0.4 is 21.3 Å². The minimum Gasteiger partial charge on any atom is -0.461 e. The Kier molecular flexibility index (Phi) is 4.56. The lowest BCUT2D eigenvalue weighted by atomic mass is 10.4. The fourth-order valence-electron chi connectivity index (χ4n) is 1.36. The van der Waals surface area contributed by atoms with Gasteiger partial charge in [0, 0.05) is 6.20 Å². The maximum absolute atomic E-state index is 5.42. The van der Waals surface area contributed by atoms with Gasteiger partial charge in [-0.15, -0.1) is 0 Å². The van der Waals surface area contributed by atoms with Gasteiger partial charge in [-0.05, 0) is 26.0 Å². The number of hydrogen-bond donors (Lipinski definition) is 3. The Balaban J connectivity index is 2.10. The lowest BCUT2D eigenvalue weighted by Crippen LogP contribution is -2.16. The topological polar surface area (TPSA) is 124 Å². The van der Waals surface area contributed by atoms with E-state index in [1.807, 2.05) is 19.9 Å². The first-order chi connectivity index (χ1) is 9.67. The van der Waals surface area contributed by atoms with Crippen LogP contribution in [0.3, 0.4) is 0 Å². The number of aromatic nitrogens is 5. The molecule has 2 aromatic heterocycles. The fraction of sp³-hybridized carbons (Fsp3) is 0.364. The molecule has 0 unspecified atom stereocenters.